The summed E-state index contributed by atoms with van der Waals surface area (Å²) in [5, 5.41) is 9.27. The van der Waals surface area contributed by atoms with Crippen LogP contribution in [-0.2, 0) is 6.42 Å². The Bertz CT molecular complexity index is 1070. The maximum absolute atomic E-state index is 12.6. The largest absolute Gasteiger partial charge is 0.270 e. The van der Waals surface area contributed by atoms with Gasteiger partial charge in [0.25, 0.3) is 11.8 Å². The van der Waals surface area contributed by atoms with Gasteiger partial charge in [0, 0.05) is 15.4 Å². The number of nitrogens with zero attached hydrogens (tertiary/aromatic N) is 1. The number of benzene rings is 3. The van der Waals surface area contributed by atoms with Gasteiger partial charge in [-0.2, -0.15) is 5.26 Å². The van der Waals surface area contributed by atoms with Crippen molar-refractivity contribution in [1.29, 1.82) is 5.26 Å². The first kappa shape index (κ1) is 20.2. The lowest BCUT2D eigenvalue weighted by atomic mass is 10.1. The van der Waals surface area contributed by atoms with E-state index in [4.69, 9.17) is 0 Å². The third-order valence-corrected chi connectivity index (χ3v) is 5.42. The first-order valence-corrected chi connectivity index (χ1v) is 9.89. The van der Waals surface area contributed by atoms with E-state index >= 15 is 0 Å². The normalized spacial score (nSPS) is 10.1. The molecule has 0 heterocycles. The number of aryl methyl sites for hydroxylation is 1. The van der Waals surface area contributed by atoms with E-state index in [1.165, 1.54) is 11.8 Å². The van der Waals surface area contributed by atoms with Gasteiger partial charge < -0.3 is 0 Å². The Kier molecular flexibility index (Phi) is 6.67. The summed E-state index contributed by atoms with van der Waals surface area (Å²) >= 11 is 1.33. The Morgan fingerprint density at radius 2 is 1.48 bits per heavy atom. The Hall–Kier alpha value is -3.56. The Labute approximate surface area is 173 Å². The summed E-state index contributed by atoms with van der Waals surface area (Å²) in [7, 11) is 0. The number of nitriles is 1. The standard InChI is InChI=1S/C23H19N3O2S/c1-2-16-11-13-17(14-12-16)22(27)25-26-23(28)19-8-4-6-10-21(19)29-20-9-5-3-7-18(20)15-24/h3-14H,2H2,1H3,(H,25,27)(H,26,28). The van der Waals surface area contributed by atoms with Gasteiger partial charge in [0.15, 0.2) is 0 Å². The van der Waals surface area contributed by atoms with E-state index in [-0.39, 0.29) is 5.91 Å². The molecule has 0 aromatic heterocycles. The van der Waals surface area contributed by atoms with Crippen molar-refractivity contribution in [1.82, 2.24) is 10.9 Å². The highest BCUT2D eigenvalue weighted by molar-refractivity contribution is 7.99. The maximum atomic E-state index is 12.6. The molecule has 3 aromatic rings. The van der Waals surface area contributed by atoms with Crippen LogP contribution >= 0.6 is 11.8 Å². The van der Waals surface area contributed by atoms with E-state index in [0.717, 1.165) is 16.9 Å². The van der Waals surface area contributed by atoms with E-state index in [9.17, 15) is 14.9 Å². The van der Waals surface area contributed by atoms with Gasteiger partial charge in [-0.3, -0.25) is 20.4 Å². The highest BCUT2D eigenvalue weighted by Gasteiger charge is 2.14. The number of rotatable bonds is 5. The smallest absolute Gasteiger partial charge is 0.267 e. The number of hydrogen-bond acceptors (Lipinski definition) is 4. The van der Waals surface area contributed by atoms with Crippen LogP contribution in [0.1, 0.15) is 38.8 Å². The third-order valence-electron chi connectivity index (χ3n) is 4.27. The van der Waals surface area contributed by atoms with Crippen molar-refractivity contribution in [2.75, 3.05) is 0 Å². The van der Waals surface area contributed by atoms with Crippen LogP contribution in [0, 0.1) is 11.3 Å². The third kappa shape index (κ3) is 5.03. The van der Waals surface area contributed by atoms with Crippen molar-refractivity contribution in [3.05, 3.63) is 95.1 Å². The Morgan fingerprint density at radius 1 is 0.862 bits per heavy atom. The van der Waals surface area contributed by atoms with Gasteiger partial charge in [-0.1, -0.05) is 55.1 Å². The SMILES string of the molecule is CCc1ccc(C(=O)NNC(=O)c2ccccc2Sc2ccccc2C#N)cc1. The fraction of sp³-hybridized carbons (Fsp3) is 0.0870. The Balaban J connectivity index is 1.71. The summed E-state index contributed by atoms with van der Waals surface area (Å²) in [6.45, 7) is 2.04. The molecule has 0 bridgehead atoms. The molecule has 0 aliphatic carbocycles. The molecule has 0 fully saturated rings. The van der Waals surface area contributed by atoms with Gasteiger partial charge in [-0.05, 0) is 48.4 Å². The molecular formula is C23H19N3O2S. The molecule has 3 aromatic carbocycles. The molecule has 0 saturated carbocycles. The van der Waals surface area contributed by atoms with Crippen molar-refractivity contribution in [3.63, 3.8) is 0 Å². The van der Waals surface area contributed by atoms with Gasteiger partial charge in [0.1, 0.15) is 6.07 Å². The summed E-state index contributed by atoms with van der Waals surface area (Å²) in [6, 6.07) is 23.6. The second kappa shape index (κ2) is 9.58. The quantitative estimate of drug-likeness (QED) is 0.623. The zero-order valence-electron chi connectivity index (χ0n) is 15.8. The van der Waals surface area contributed by atoms with Crippen LogP contribution in [0.25, 0.3) is 0 Å². The summed E-state index contributed by atoms with van der Waals surface area (Å²) in [5.41, 5.74) is 7.46. The lowest BCUT2D eigenvalue weighted by Gasteiger charge is -2.11. The molecule has 5 nitrogen and oxygen atoms in total. The summed E-state index contributed by atoms with van der Waals surface area (Å²) < 4.78 is 0. The second-order valence-corrected chi connectivity index (χ2v) is 7.25. The van der Waals surface area contributed by atoms with Gasteiger partial charge >= 0.3 is 0 Å². The highest BCUT2D eigenvalue weighted by atomic mass is 32.2. The molecule has 0 unspecified atom stereocenters. The maximum Gasteiger partial charge on any atom is 0.270 e. The lowest BCUT2D eigenvalue weighted by molar-refractivity contribution is 0.0845. The number of carbonyl (C=O) groups is 2. The molecular weight excluding hydrogens is 382 g/mol. The summed E-state index contributed by atoms with van der Waals surface area (Å²) in [6.07, 6.45) is 0.891. The van der Waals surface area contributed by atoms with Crippen molar-refractivity contribution in [2.24, 2.45) is 0 Å². The Morgan fingerprint density at radius 3 is 2.17 bits per heavy atom. The number of amides is 2. The van der Waals surface area contributed by atoms with Crippen LogP contribution < -0.4 is 10.9 Å². The van der Waals surface area contributed by atoms with Crippen LogP contribution in [0.2, 0.25) is 0 Å². The van der Waals surface area contributed by atoms with Crippen LogP contribution in [0.3, 0.4) is 0 Å². The van der Waals surface area contributed by atoms with Crippen LogP contribution in [0.4, 0.5) is 0 Å². The summed E-state index contributed by atoms with van der Waals surface area (Å²) in [4.78, 5) is 26.4. The van der Waals surface area contributed by atoms with Crippen molar-refractivity contribution < 1.29 is 9.59 Å². The lowest BCUT2D eigenvalue weighted by Crippen LogP contribution is -2.41. The minimum Gasteiger partial charge on any atom is -0.267 e. The van der Waals surface area contributed by atoms with Crippen molar-refractivity contribution in [2.45, 2.75) is 23.1 Å². The van der Waals surface area contributed by atoms with Gasteiger partial charge in [0.2, 0.25) is 0 Å². The fourth-order valence-corrected chi connectivity index (χ4v) is 3.68. The molecule has 29 heavy (non-hydrogen) atoms. The van der Waals surface area contributed by atoms with Crippen LogP contribution in [-0.4, -0.2) is 11.8 Å². The molecule has 2 amide bonds. The van der Waals surface area contributed by atoms with E-state index in [0.29, 0.717) is 21.6 Å². The fourth-order valence-electron chi connectivity index (χ4n) is 2.65. The predicted octanol–water partition coefficient (Wildman–Crippen LogP) is 4.35. The number of nitrogens with one attached hydrogen (secondary N) is 2. The highest BCUT2D eigenvalue weighted by Crippen LogP contribution is 2.32. The molecule has 0 spiro atoms. The molecule has 0 aliphatic heterocycles. The number of hydrazine groups is 1. The number of carbonyl (C=O) groups excluding carboxylic acids is 2. The molecule has 0 atom stereocenters. The molecule has 0 saturated heterocycles. The average molecular weight is 401 g/mol. The molecule has 6 heteroatoms. The van der Waals surface area contributed by atoms with E-state index in [1.807, 2.05) is 37.3 Å². The molecule has 0 aliphatic rings. The van der Waals surface area contributed by atoms with Gasteiger partial charge in [-0.25, -0.2) is 0 Å². The minimum atomic E-state index is -0.430. The summed E-state index contributed by atoms with van der Waals surface area (Å²) in [5.74, 6) is -0.818. The van der Waals surface area contributed by atoms with Crippen molar-refractivity contribution >= 4 is 23.6 Å². The monoisotopic (exact) mass is 401 g/mol. The zero-order chi connectivity index (χ0) is 20.6. The topological polar surface area (TPSA) is 82.0 Å². The van der Waals surface area contributed by atoms with Crippen molar-refractivity contribution in [3.8, 4) is 6.07 Å². The first-order chi connectivity index (χ1) is 14.1. The van der Waals surface area contributed by atoms with Crippen LogP contribution in [0.5, 0.6) is 0 Å². The zero-order valence-corrected chi connectivity index (χ0v) is 16.6. The second-order valence-electron chi connectivity index (χ2n) is 6.16. The molecule has 2 N–H and O–H groups in total. The van der Waals surface area contributed by atoms with E-state index in [1.54, 1.807) is 42.5 Å². The van der Waals surface area contributed by atoms with Gasteiger partial charge in [-0.15, -0.1) is 0 Å². The average Bonchev–Trinajstić information content (AvgIpc) is 2.78. The van der Waals surface area contributed by atoms with E-state index in [2.05, 4.69) is 16.9 Å². The number of hydrogen-bond donors (Lipinski definition) is 2. The first-order valence-electron chi connectivity index (χ1n) is 9.08. The van der Waals surface area contributed by atoms with Crippen LogP contribution in [0.15, 0.2) is 82.6 Å². The van der Waals surface area contributed by atoms with E-state index < -0.39 is 5.91 Å². The molecule has 144 valence electrons. The minimum absolute atomic E-state index is 0.388. The predicted molar refractivity (Wildman–Crippen MR) is 112 cm³/mol. The molecule has 3 rings (SSSR count). The molecule has 0 radical (unpaired) electrons. The van der Waals surface area contributed by atoms with Gasteiger partial charge in [0.05, 0.1) is 11.1 Å².